The molecule has 1 N–H and O–H groups in total. The second kappa shape index (κ2) is 7.83. The van der Waals surface area contributed by atoms with E-state index in [0.717, 1.165) is 29.1 Å². The molecule has 30 heavy (non-hydrogen) atoms. The number of aryl methyl sites for hydroxylation is 4. The third-order valence-electron chi connectivity index (χ3n) is 5.86. The van der Waals surface area contributed by atoms with Crippen molar-refractivity contribution in [2.75, 3.05) is 11.9 Å². The van der Waals surface area contributed by atoms with Crippen LogP contribution in [0.3, 0.4) is 0 Å². The van der Waals surface area contributed by atoms with E-state index in [1.807, 2.05) is 13.1 Å². The summed E-state index contributed by atoms with van der Waals surface area (Å²) in [6.45, 7) is 3.11. The molecule has 2 aliphatic carbocycles. The quantitative estimate of drug-likeness (QED) is 0.628. The van der Waals surface area contributed by atoms with Crippen LogP contribution in [0.2, 0.25) is 0 Å². The highest BCUT2D eigenvalue weighted by atomic mass is 32.1. The number of anilines is 1. The molecule has 0 aromatic carbocycles. The van der Waals surface area contributed by atoms with Crippen LogP contribution in [0.15, 0.2) is 29.2 Å². The number of rotatable bonds is 7. The van der Waals surface area contributed by atoms with E-state index in [1.54, 1.807) is 24.5 Å². The lowest BCUT2D eigenvalue weighted by Gasteiger charge is -2.10. The average Bonchev–Trinajstić information content (AvgIpc) is 3.14. The molecule has 156 valence electrons. The minimum absolute atomic E-state index is 0.171. The van der Waals surface area contributed by atoms with Crippen molar-refractivity contribution in [1.29, 1.82) is 0 Å². The number of hydrogen-bond acceptors (Lipinski definition) is 7. The van der Waals surface area contributed by atoms with Crippen LogP contribution < -0.4 is 15.6 Å². The number of thiazole rings is 1. The van der Waals surface area contributed by atoms with Gasteiger partial charge in [-0.3, -0.25) is 9.78 Å². The van der Waals surface area contributed by atoms with Crippen LogP contribution >= 0.6 is 11.3 Å². The van der Waals surface area contributed by atoms with E-state index < -0.39 is 0 Å². The monoisotopic (exact) mass is 423 g/mol. The Morgan fingerprint density at radius 3 is 3.07 bits per heavy atom. The van der Waals surface area contributed by atoms with Crippen molar-refractivity contribution in [3.05, 3.63) is 61.6 Å². The first kappa shape index (κ1) is 19.2. The van der Waals surface area contributed by atoms with Crippen LogP contribution in [-0.2, 0) is 26.4 Å². The largest absolute Gasteiger partial charge is 0.476 e. The zero-order valence-corrected chi connectivity index (χ0v) is 18.0. The number of fused-ring (bicyclic) bond motifs is 1. The molecule has 0 spiro atoms. The Hall–Kier alpha value is -2.74. The second-order valence-electron chi connectivity index (χ2n) is 8.13. The topological polar surface area (TPSA) is 81.9 Å². The summed E-state index contributed by atoms with van der Waals surface area (Å²) in [5, 5.41) is 8.46. The molecule has 3 aromatic heterocycles. The van der Waals surface area contributed by atoms with Crippen LogP contribution in [0.25, 0.3) is 0 Å². The Morgan fingerprint density at radius 2 is 2.23 bits per heavy atom. The molecular formula is C22H25N5O2S. The lowest BCUT2D eigenvalue weighted by molar-refractivity contribution is 0.278. The van der Waals surface area contributed by atoms with E-state index in [2.05, 4.69) is 27.5 Å². The first-order valence-electron chi connectivity index (χ1n) is 10.4. The molecule has 1 unspecified atom stereocenters. The number of nitrogens with zero attached hydrogens (tertiary/aromatic N) is 4. The Bertz CT molecular complexity index is 1140. The van der Waals surface area contributed by atoms with Gasteiger partial charge in [0, 0.05) is 47.4 Å². The average molecular weight is 424 g/mol. The molecule has 0 bridgehead atoms. The third-order valence-corrected chi connectivity index (χ3v) is 6.77. The molecule has 2 atom stereocenters. The van der Waals surface area contributed by atoms with Gasteiger partial charge in [0.2, 0.25) is 5.88 Å². The SMILES string of the molecule is Cc1ncc(CNc2cc(OCC3C[C@H]3c3ccc4c(n3)CCC4)nn(C)c2=O)s1. The summed E-state index contributed by atoms with van der Waals surface area (Å²) in [7, 11) is 1.64. The molecule has 3 aromatic rings. The summed E-state index contributed by atoms with van der Waals surface area (Å²) in [5.74, 6) is 1.39. The molecule has 8 heteroatoms. The van der Waals surface area contributed by atoms with Crippen LogP contribution in [0.5, 0.6) is 5.88 Å². The van der Waals surface area contributed by atoms with E-state index in [0.29, 0.717) is 36.6 Å². The molecule has 1 fully saturated rings. The highest BCUT2D eigenvalue weighted by molar-refractivity contribution is 7.11. The van der Waals surface area contributed by atoms with Crippen LogP contribution in [0.4, 0.5) is 5.69 Å². The maximum Gasteiger partial charge on any atom is 0.290 e. The number of nitrogens with one attached hydrogen (secondary N) is 1. The van der Waals surface area contributed by atoms with Gasteiger partial charge in [-0.15, -0.1) is 16.4 Å². The fourth-order valence-corrected chi connectivity index (χ4v) is 4.81. The van der Waals surface area contributed by atoms with Gasteiger partial charge in [0.15, 0.2) is 0 Å². The molecule has 1 saturated carbocycles. The minimum Gasteiger partial charge on any atom is -0.476 e. The molecule has 5 rings (SSSR count). The van der Waals surface area contributed by atoms with Crippen molar-refractivity contribution in [1.82, 2.24) is 19.7 Å². The highest BCUT2D eigenvalue weighted by Gasteiger charge is 2.40. The van der Waals surface area contributed by atoms with Gasteiger partial charge in [-0.25, -0.2) is 9.67 Å². The van der Waals surface area contributed by atoms with E-state index in [4.69, 9.17) is 9.72 Å². The van der Waals surface area contributed by atoms with Gasteiger partial charge < -0.3 is 10.1 Å². The van der Waals surface area contributed by atoms with Crippen molar-refractivity contribution in [3.63, 3.8) is 0 Å². The Kier molecular flexibility index (Phi) is 5.02. The standard InChI is InChI=1S/C22H25N5O2S/c1-13-23-10-16(30-13)11-24-20-9-21(26-27(2)22(20)28)29-12-15-8-17(15)19-7-6-14-4-3-5-18(14)25-19/h6-7,9-10,15,17,24H,3-5,8,11-12H2,1-2H3/t15?,17-/m1/s1. The fourth-order valence-electron chi connectivity index (χ4n) is 4.08. The zero-order chi connectivity index (χ0) is 20.7. The molecular weight excluding hydrogens is 398 g/mol. The highest BCUT2D eigenvalue weighted by Crippen LogP contribution is 2.47. The Balaban J connectivity index is 1.21. The van der Waals surface area contributed by atoms with E-state index in [-0.39, 0.29) is 5.56 Å². The van der Waals surface area contributed by atoms with Gasteiger partial charge in [-0.05, 0) is 44.2 Å². The van der Waals surface area contributed by atoms with Crippen molar-refractivity contribution in [3.8, 4) is 5.88 Å². The lowest BCUT2D eigenvalue weighted by atomic mass is 10.1. The maximum absolute atomic E-state index is 12.4. The molecule has 0 aliphatic heterocycles. The van der Waals surface area contributed by atoms with Gasteiger partial charge in [-0.1, -0.05) is 6.07 Å². The van der Waals surface area contributed by atoms with Crippen LogP contribution in [0, 0.1) is 12.8 Å². The summed E-state index contributed by atoms with van der Waals surface area (Å²) in [6.07, 6.45) is 6.41. The first-order chi connectivity index (χ1) is 14.6. The van der Waals surface area contributed by atoms with Crippen molar-refractivity contribution in [2.24, 2.45) is 13.0 Å². The molecule has 3 heterocycles. The van der Waals surface area contributed by atoms with Gasteiger partial charge in [0.25, 0.3) is 5.56 Å². The van der Waals surface area contributed by atoms with Gasteiger partial charge >= 0.3 is 0 Å². The van der Waals surface area contributed by atoms with Gasteiger partial charge in [-0.2, -0.15) is 0 Å². The van der Waals surface area contributed by atoms with Gasteiger partial charge in [0.05, 0.1) is 18.2 Å². The summed E-state index contributed by atoms with van der Waals surface area (Å²) < 4.78 is 7.28. The number of pyridine rings is 1. The number of hydrogen-bond donors (Lipinski definition) is 1. The van der Waals surface area contributed by atoms with Crippen molar-refractivity contribution < 1.29 is 4.74 Å². The summed E-state index contributed by atoms with van der Waals surface area (Å²) in [4.78, 5) is 22.6. The maximum atomic E-state index is 12.4. The summed E-state index contributed by atoms with van der Waals surface area (Å²) in [6, 6.07) is 6.13. The minimum atomic E-state index is -0.171. The van der Waals surface area contributed by atoms with Crippen LogP contribution in [0.1, 0.15) is 45.6 Å². The zero-order valence-electron chi connectivity index (χ0n) is 17.2. The molecule has 2 aliphatic rings. The predicted octanol–water partition coefficient (Wildman–Crippen LogP) is 3.22. The summed E-state index contributed by atoms with van der Waals surface area (Å²) in [5.41, 5.74) is 4.21. The third kappa shape index (κ3) is 3.96. The van der Waals surface area contributed by atoms with E-state index in [9.17, 15) is 4.79 Å². The summed E-state index contributed by atoms with van der Waals surface area (Å²) >= 11 is 1.61. The normalized spacial score (nSPS) is 19.5. The molecule has 7 nitrogen and oxygen atoms in total. The predicted molar refractivity (Wildman–Crippen MR) is 116 cm³/mol. The molecule has 0 radical (unpaired) electrons. The van der Waals surface area contributed by atoms with E-state index in [1.165, 1.54) is 28.1 Å². The van der Waals surface area contributed by atoms with E-state index >= 15 is 0 Å². The van der Waals surface area contributed by atoms with Crippen molar-refractivity contribution in [2.45, 2.75) is 45.1 Å². The van der Waals surface area contributed by atoms with Gasteiger partial charge in [0.1, 0.15) is 5.69 Å². The first-order valence-corrected chi connectivity index (χ1v) is 11.2. The number of aromatic nitrogens is 4. The lowest BCUT2D eigenvalue weighted by Crippen LogP contribution is -2.24. The van der Waals surface area contributed by atoms with Crippen LogP contribution in [-0.4, -0.2) is 26.4 Å². The molecule has 0 amide bonds. The smallest absolute Gasteiger partial charge is 0.290 e. The molecule has 0 saturated heterocycles. The Morgan fingerprint density at radius 1 is 1.33 bits per heavy atom. The van der Waals surface area contributed by atoms with Crippen molar-refractivity contribution >= 4 is 17.0 Å². The fraction of sp³-hybridized carbons (Fsp3) is 0.455. The second-order valence-corrected chi connectivity index (χ2v) is 9.45. The Labute approximate surface area is 179 Å². The number of ether oxygens (including phenoxy) is 1.